The van der Waals surface area contributed by atoms with Gasteiger partial charge in [-0.05, 0) is 30.7 Å². The zero-order valence-corrected chi connectivity index (χ0v) is 11.9. The van der Waals surface area contributed by atoms with Gasteiger partial charge in [0, 0.05) is 35.5 Å². The summed E-state index contributed by atoms with van der Waals surface area (Å²) < 4.78 is 5.40. The maximum Gasteiger partial charge on any atom is 0.0727 e. The van der Waals surface area contributed by atoms with Crippen molar-refractivity contribution in [2.24, 2.45) is 0 Å². The van der Waals surface area contributed by atoms with Gasteiger partial charge in [-0.2, -0.15) is 0 Å². The third-order valence-corrected chi connectivity index (χ3v) is 3.76. The van der Waals surface area contributed by atoms with Crippen molar-refractivity contribution in [1.29, 1.82) is 0 Å². The lowest BCUT2D eigenvalue weighted by atomic mass is 10.1. The van der Waals surface area contributed by atoms with E-state index in [4.69, 9.17) is 10.5 Å². The first kappa shape index (κ1) is 13.2. The van der Waals surface area contributed by atoms with E-state index >= 15 is 0 Å². The first-order valence-electron chi connectivity index (χ1n) is 7.30. The van der Waals surface area contributed by atoms with Gasteiger partial charge in [-0.15, -0.1) is 0 Å². The molecule has 1 aliphatic heterocycles. The number of hydrogen-bond acceptors (Lipinski definition) is 4. The molecule has 0 saturated carbocycles. The molecule has 0 bridgehead atoms. The fraction of sp³-hybridized carbons (Fsp3) is 0.438. The molecule has 1 fully saturated rings. The number of benzene rings is 1. The summed E-state index contributed by atoms with van der Waals surface area (Å²) in [4.78, 5) is 7.02. The number of nitrogens with two attached hydrogens (primary N) is 1. The van der Waals surface area contributed by atoms with Gasteiger partial charge in [0.05, 0.1) is 18.7 Å². The van der Waals surface area contributed by atoms with Crippen LogP contribution in [0.1, 0.15) is 19.0 Å². The highest BCUT2D eigenvalue weighted by atomic mass is 16.5. The van der Waals surface area contributed by atoms with Gasteiger partial charge in [0.15, 0.2) is 0 Å². The molecule has 1 aromatic carbocycles. The molecule has 20 heavy (non-hydrogen) atoms. The number of morpholine rings is 1. The maximum atomic E-state index is 6.20. The molecule has 0 aliphatic carbocycles. The number of nitrogens with zero attached hydrogens (tertiary/aromatic N) is 2. The summed E-state index contributed by atoms with van der Waals surface area (Å²) in [5.74, 6) is 0. The minimum absolute atomic E-state index is 0.793. The SMILES string of the molecule is CCCc1cc(N)c2cc(N3CCOCC3)ccc2n1. The fourth-order valence-corrected chi connectivity index (χ4v) is 2.70. The second-order valence-electron chi connectivity index (χ2n) is 5.25. The Morgan fingerprint density at radius 3 is 2.80 bits per heavy atom. The van der Waals surface area contributed by atoms with E-state index in [1.165, 1.54) is 5.69 Å². The molecule has 1 aromatic heterocycles. The number of anilines is 2. The van der Waals surface area contributed by atoms with Crippen molar-refractivity contribution in [2.45, 2.75) is 19.8 Å². The average Bonchev–Trinajstić information content (AvgIpc) is 2.48. The van der Waals surface area contributed by atoms with Crippen molar-refractivity contribution in [2.75, 3.05) is 36.9 Å². The van der Waals surface area contributed by atoms with Crippen LogP contribution in [-0.4, -0.2) is 31.3 Å². The molecule has 0 atom stereocenters. The van der Waals surface area contributed by atoms with Crippen LogP contribution in [-0.2, 0) is 11.2 Å². The lowest BCUT2D eigenvalue weighted by Crippen LogP contribution is -2.36. The van der Waals surface area contributed by atoms with E-state index in [1.807, 2.05) is 6.07 Å². The molecule has 2 aromatic rings. The number of aryl methyl sites for hydroxylation is 1. The predicted octanol–water partition coefficient (Wildman–Crippen LogP) is 2.61. The van der Waals surface area contributed by atoms with E-state index < -0.39 is 0 Å². The number of nitrogen functional groups attached to an aromatic ring is 1. The van der Waals surface area contributed by atoms with E-state index in [-0.39, 0.29) is 0 Å². The van der Waals surface area contributed by atoms with Gasteiger partial charge >= 0.3 is 0 Å². The number of ether oxygens (including phenoxy) is 1. The molecule has 0 radical (unpaired) electrons. The van der Waals surface area contributed by atoms with Crippen molar-refractivity contribution in [3.05, 3.63) is 30.0 Å². The Morgan fingerprint density at radius 2 is 2.05 bits per heavy atom. The fourth-order valence-electron chi connectivity index (χ4n) is 2.70. The van der Waals surface area contributed by atoms with E-state index in [0.29, 0.717) is 0 Å². The van der Waals surface area contributed by atoms with Crippen LogP contribution in [0.25, 0.3) is 10.9 Å². The van der Waals surface area contributed by atoms with Crippen LogP contribution in [0, 0.1) is 0 Å². The van der Waals surface area contributed by atoms with Gasteiger partial charge in [0.2, 0.25) is 0 Å². The standard InChI is InChI=1S/C16H21N3O/c1-2-3-12-10-15(17)14-11-13(4-5-16(14)18-12)19-6-8-20-9-7-19/h4-5,10-11H,2-3,6-9H2,1H3,(H2,17,18). The molecule has 2 N–H and O–H groups in total. The second-order valence-corrected chi connectivity index (χ2v) is 5.25. The van der Waals surface area contributed by atoms with E-state index in [1.54, 1.807) is 0 Å². The van der Waals surface area contributed by atoms with Crippen LogP contribution in [0.15, 0.2) is 24.3 Å². The third kappa shape index (κ3) is 2.56. The van der Waals surface area contributed by atoms with Crippen LogP contribution in [0.4, 0.5) is 11.4 Å². The Morgan fingerprint density at radius 1 is 1.25 bits per heavy atom. The lowest BCUT2D eigenvalue weighted by molar-refractivity contribution is 0.122. The van der Waals surface area contributed by atoms with Gasteiger partial charge < -0.3 is 15.4 Å². The second kappa shape index (κ2) is 5.67. The molecule has 4 heteroatoms. The zero-order chi connectivity index (χ0) is 13.9. The monoisotopic (exact) mass is 271 g/mol. The number of aromatic nitrogens is 1. The highest BCUT2D eigenvalue weighted by Crippen LogP contribution is 2.27. The third-order valence-electron chi connectivity index (χ3n) is 3.76. The molecule has 1 aliphatic rings. The Bertz CT molecular complexity index is 606. The van der Waals surface area contributed by atoms with E-state index in [2.05, 4.69) is 35.0 Å². The smallest absolute Gasteiger partial charge is 0.0727 e. The number of rotatable bonds is 3. The van der Waals surface area contributed by atoms with Crippen LogP contribution < -0.4 is 10.6 Å². The summed E-state index contributed by atoms with van der Waals surface area (Å²) >= 11 is 0. The van der Waals surface area contributed by atoms with E-state index in [9.17, 15) is 0 Å². The summed E-state index contributed by atoms with van der Waals surface area (Å²) in [7, 11) is 0. The Hall–Kier alpha value is -1.81. The van der Waals surface area contributed by atoms with Gasteiger partial charge in [0.25, 0.3) is 0 Å². The summed E-state index contributed by atoms with van der Waals surface area (Å²) in [5.41, 5.74) is 10.3. The zero-order valence-electron chi connectivity index (χ0n) is 11.9. The number of pyridine rings is 1. The highest BCUT2D eigenvalue weighted by molar-refractivity contribution is 5.92. The molecule has 0 spiro atoms. The lowest BCUT2D eigenvalue weighted by Gasteiger charge is -2.29. The van der Waals surface area contributed by atoms with Gasteiger partial charge in [0.1, 0.15) is 0 Å². The van der Waals surface area contributed by atoms with Crippen molar-refractivity contribution in [3.8, 4) is 0 Å². The molecule has 1 saturated heterocycles. The van der Waals surface area contributed by atoms with Crippen molar-refractivity contribution >= 4 is 22.3 Å². The maximum absolute atomic E-state index is 6.20. The van der Waals surface area contributed by atoms with Crippen molar-refractivity contribution < 1.29 is 4.74 Å². The first-order chi connectivity index (χ1) is 9.78. The average molecular weight is 271 g/mol. The summed E-state index contributed by atoms with van der Waals surface area (Å²) in [6.07, 6.45) is 2.06. The minimum Gasteiger partial charge on any atom is -0.398 e. The number of fused-ring (bicyclic) bond motifs is 1. The summed E-state index contributed by atoms with van der Waals surface area (Å²) in [6, 6.07) is 8.37. The normalized spacial score (nSPS) is 15.8. The molecular weight excluding hydrogens is 250 g/mol. The van der Waals surface area contributed by atoms with Gasteiger partial charge in [-0.1, -0.05) is 13.3 Å². The van der Waals surface area contributed by atoms with Crippen LogP contribution in [0.3, 0.4) is 0 Å². The van der Waals surface area contributed by atoms with Gasteiger partial charge in [-0.25, -0.2) is 0 Å². The Kier molecular flexibility index (Phi) is 3.74. The van der Waals surface area contributed by atoms with Crippen LogP contribution in [0.2, 0.25) is 0 Å². The molecule has 2 heterocycles. The van der Waals surface area contributed by atoms with E-state index in [0.717, 1.165) is 61.4 Å². The molecule has 0 unspecified atom stereocenters. The van der Waals surface area contributed by atoms with Crippen molar-refractivity contribution in [1.82, 2.24) is 4.98 Å². The Balaban J connectivity index is 1.98. The largest absolute Gasteiger partial charge is 0.398 e. The number of hydrogen-bond donors (Lipinski definition) is 1. The summed E-state index contributed by atoms with van der Waals surface area (Å²) in [5, 5.41) is 1.05. The first-order valence-corrected chi connectivity index (χ1v) is 7.30. The predicted molar refractivity (Wildman–Crippen MR) is 83.2 cm³/mol. The van der Waals surface area contributed by atoms with Crippen LogP contribution >= 0.6 is 0 Å². The summed E-state index contributed by atoms with van der Waals surface area (Å²) in [6.45, 7) is 5.62. The molecule has 0 amide bonds. The molecule has 4 nitrogen and oxygen atoms in total. The molecular formula is C16H21N3O. The highest BCUT2D eigenvalue weighted by Gasteiger charge is 2.12. The topological polar surface area (TPSA) is 51.4 Å². The molecule has 3 rings (SSSR count). The quantitative estimate of drug-likeness (QED) is 0.932. The van der Waals surface area contributed by atoms with Gasteiger partial charge in [-0.3, -0.25) is 4.98 Å². The minimum atomic E-state index is 0.793. The van der Waals surface area contributed by atoms with Crippen LogP contribution in [0.5, 0.6) is 0 Å². The molecule has 106 valence electrons. The van der Waals surface area contributed by atoms with Crippen molar-refractivity contribution in [3.63, 3.8) is 0 Å². The Labute approximate surface area is 119 Å².